The smallest absolute Gasteiger partial charge is 0.126 e. The highest BCUT2D eigenvalue weighted by molar-refractivity contribution is 5.91. The molecule has 2 atom stereocenters. The van der Waals surface area contributed by atoms with Gasteiger partial charge in [0.1, 0.15) is 5.75 Å². The number of hydrogen-bond donors (Lipinski definition) is 1. The molecule has 0 aromatic heterocycles. The molecule has 0 aliphatic carbocycles. The lowest BCUT2D eigenvalue weighted by atomic mass is 10.0. The number of benzene rings is 2. The summed E-state index contributed by atoms with van der Waals surface area (Å²) in [5.41, 5.74) is 1.33. The van der Waals surface area contributed by atoms with Gasteiger partial charge < -0.3 is 9.84 Å². The second kappa shape index (κ2) is 6.04. The molecule has 2 aromatic rings. The molecule has 1 aliphatic heterocycles. The van der Waals surface area contributed by atoms with Gasteiger partial charge in [-0.3, -0.25) is 4.90 Å². The molecule has 2 aromatic carbocycles. The summed E-state index contributed by atoms with van der Waals surface area (Å²) in [6.07, 6.45) is 1.09. The van der Waals surface area contributed by atoms with Crippen molar-refractivity contribution in [2.75, 3.05) is 20.3 Å². The minimum atomic E-state index is 0.293. The lowest BCUT2D eigenvalue weighted by Gasteiger charge is -2.24. The summed E-state index contributed by atoms with van der Waals surface area (Å²) in [7, 11) is 1.72. The number of aliphatic hydroxyl groups excluding tert-OH is 1. The molecule has 1 N–H and O–H groups in total. The Hall–Kier alpha value is -1.58. The van der Waals surface area contributed by atoms with E-state index in [1.807, 2.05) is 0 Å². The summed E-state index contributed by atoms with van der Waals surface area (Å²) in [5.74, 6) is 1.34. The maximum Gasteiger partial charge on any atom is 0.126 e. The van der Waals surface area contributed by atoms with Gasteiger partial charge in [0.05, 0.1) is 7.11 Å². The summed E-state index contributed by atoms with van der Waals surface area (Å²) < 4.78 is 5.46. The number of rotatable bonds is 4. The molecule has 2 unspecified atom stereocenters. The Kier molecular flexibility index (Phi) is 4.13. The van der Waals surface area contributed by atoms with Gasteiger partial charge in [-0.05, 0) is 42.8 Å². The fraction of sp³-hybridized carbons (Fsp3) is 0.444. The predicted octanol–water partition coefficient (Wildman–Crippen LogP) is 3.05. The zero-order valence-corrected chi connectivity index (χ0v) is 12.7. The van der Waals surface area contributed by atoms with Gasteiger partial charge in [-0.1, -0.05) is 30.3 Å². The third kappa shape index (κ3) is 2.63. The molecule has 1 fully saturated rings. The van der Waals surface area contributed by atoms with E-state index in [0.29, 0.717) is 18.6 Å². The normalized spacial score (nSPS) is 22.8. The number of methoxy groups -OCH3 is 1. The Morgan fingerprint density at radius 3 is 2.62 bits per heavy atom. The second-order valence-corrected chi connectivity index (χ2v) is 5.91. The molecule has 1 heterocycles. The molecule has 0 bridgehead atoms. The SMILES string of the molecule is COc1ccc(CN2CCC(CO)C2C)c2ccccc12. The van der Waals surface area contributed by atoms with Crippen molar-refractivity contribution in [3.8, 4) is 5.75 Å². The van der Waals surface area contributed by atoms with Gasteiger partial charge in [0, 0.05) is 24.6 Å². The average Bonchev–Trinajstić information content (AvgIpc) is 2.88. The third-order valence-corrected chi connectivity index (χ3v) is 4.85. The van der Waals surface area contributed by atoms with Crippen LogP contribution in [0.4, 0.5) is 0 Å². The quantitative estimate of drug-likeness (QED) is 0.937. The van der Waals surface area contributed by atoms with Crippen LogP contribution in [0.1, 0.15) is 18.9 Å². The van der Waals surface area contributed by atoms with E-state index in [0.717, 1.165) is 25.3 Å². The van der Waals surface area contributed by atoms with Crippen LogP contribution < -0.4 is 4.74 Å². The van der Waals surface area contributed by atoms with Gasteiger partial charge >= 0.3 is 0 Å². The van der Waals surface area contributed by atoms with Crippen molar-refractivity contribution in [2.24, 2.45) is 5.92 Å². The van der Waals surface area contributed by atoms with Crippen LogP contribution in [0.3, 0.4) is 0 Å². The van der Waals surface area contributed by atoms with Crippen molar-refractivity contribution in [2.45, 2.75) is 25.9 Å². The molecule has 21 heavy (non-hydrogen) atoms. The molecule has 1 aliphatic rings. The van der Waals surface area contributed by atoms with E-state index >= 15 is 0 Å². The van der Waals surface area contributed by atoms with Gasteiger partial charge in [-0.25, -0.2) is 0 Å². The molecular weight excluding hydrogens is 262 g/mol. The Morgan fingerprint density at radius 2 is 1.95 bits per heavy atom. The number of ether oxygens (including phenoxy) is 1. The van der Waals surface area contributed by atoms with Crippen molar-refractivity contribution in [3.63, 3.8) is 0 Å². The molecule has 0 amide bonds. The average molecular weight is 285 g/mol. The highest BCUT2D eigenvalue weighted by atomic mass is 16.5. The molecule has 1 saturated heterocycles. The minimum absolute atomic E-state index is 0.293. The van der Waals surface area contributed by atoms with Crippen LogP contribution in [-0.2, 0) is 6.54 Å². The van der Waals surface area contributed by atoms with Crippen LogP contribution >= 0.6 is 0 Å². The first-order chi connectivity index (χ1) is 10.2. The monoisotopic (exact) mass is 285 g/mol. The van der Waals surface area contributed by atoms with Crippen LogP contribution in [0, 0.1) is 5.92 Å². The largest absolute Gasteiger partial charge is 0.496 e. The van der Waals surface area contributed by atoms with Crippen LogP contribution in [0.5, 0.6) is 5.75 Å². The molecule has 3 nitrogen and oxygen atoms in total. The van der Waals surface area contributed by atoms with Gasteiger partial charge in [0.2, 0.25) is 0 Å². The van der Waals surface area contributed by atoms with E-state index in [1.165, 1.54) is 16.3 Å². The van der Waals surface area contributed by atoms with E-state index in [4.69, 9.17) is 4.74 Å². The van der Waals surface area contributed by atoms with Crippen molar-refractivity contribution < 1.29 is 9.84 Å². The highest BCUT2D eigenvalue weighted by Crippen LogP contribution is 2.31. The lowest BCUT2D eigenvalue weighted by Crippen LogP contribution is -2.30. The molecule has 3 heteroatoms. The standard InChI is InChI=1S/C18H23NO2/c1-13-15(12-20)9-10-19(13)11-14-7-8-18(21-2)17-6-4-3-5-16(14)17/h3-8,13,15,20H,9-12H2,1-2H3. The summed E-state index contributed by atoms with van der Waals surface area (Å²) in [5, 5.41) is 11.8. The van der Waals surface area contributed by atoms with Crippen LogP contribution in [0.15, 0.2) is 36.4 Å². The fourth-order valence-corrected chi connectivity index (χ4v) is 3.41. The Balaban J connectivity index is 1.91. The first-order valence-electron chi connectivity index (χ1n) is 7.64. The Bertz CT molecular complexity index is 626. The summed E-state index contributed by atoms with van der Waals surface area (Å²) >= 11 is 0. The van der Waals surface area contributed by atoms with Crippen LogP contribution in [0.2, 0.25) is 0 Å². The topological polar surface area (TPSA) is 32.7 Å². The maximum absolute atomic E-state index is 9.42. The van der Waals surface area contributed by atoms with Gasteiger partial charge in [-0.15, -0.1) is 0 Å². The van der Waals surface area contributed by atoms with Gasteiger partial charge in [0.25, 0.3) is 0 Å². The highest BCUT2D eigenvalue weighted by Gasteiger charge is 2.30. The van der Waals surface area contributed by atoms with E-state index in [-0.39, 0.29) is 0 Å². The van der Waals surface area contributed by atoms with E-state index in [1.54, 1.807) is 7.11 Å². The molecule has 112 valence electrons. The Morgan fingerprint density at radius 1 is 1.19 bits per heavy atom. The second-order valence-electron chi connectivity index (χ2n) is 5.91. The van der Waals surface area contributed by atoms with Gasteiger partial charge in [0.15, 0.2) is 0 Å². The number of fused-ring (bicyclic) bond motifs is 1. The third-order valence-electron chi connectivity index (χ3n) is 4.85. The first-order valence-corrected chi connectivity index (χ1v) is 7.64. The number of hydrogen-bond acceptors (Lipinski definition) is 3. The summed E-state index contributed by atoms with van der Waals surface area (Å²) in [6.45, 7) is 4.51. The predicted molar refractivity (Wildman–Crippen MR) is 85.6 cm³/mol. The van der Waals surface area contributed by atoms with Crippen LogP contribution in [-0.4, -0.2) is 36.3 Å². The fourth-order valence-electron chi connectivity index (χ4n) is 3.41. The number of nitrogens with zero attached hydrogens (tertiary/aromatic N) is 1. The van der Waals surface area contributed by atoms with Crippen molar-refractivity contribution in [1.29, 1.82) is 0 Å². The summed E-state index contributed by atoms with van der Waals surface area (Å²) in [6, 6.07) is 13.1. The molecule has 0 radical (unpaired) electrons. The number of likely N-dealkylation sites (tertiary alicyclic amines) is 1. The van der Waals surface area contributed by atoms with Crippen molar-refractivity contribution >= 4 is 10.8 Å². The van der Waals surface area contributed by atoms with E-state index in [2.05, 4.69) is 48.2 Å². The number of aliphatic hydroxyl groups is 1. The van der Waals surface area contributed by atoms with E-state index < -0.39 is 0 Å². The zero-order valence-electron chi connectivity index (χ0n) is 12.7. The Labute approximate surface area is 126 Å². The summed E-state index contributed by atoms with van der Waals surface area (Å²) in [4.78, 5) is 2.47. The molecule has 0 spiro atoms. The minimum Gasteiger partial charge on any atom is -0.496 e. The van der Waals surface area contributed by atoms with Crippen molar-refractivity contribution in [1.82, 2.24) is 4.90 Å². The van der Waals surface area contributed by atoms with Gasteiger partial charge in [-0.2, -0.15) is 0 Å². The zero-order chi connectivity index (χ0) is 14.8. The lowest BCUT2D eigenvalue weighted by molar-refractivity contribution is 0.173. The first kappa shape index (κ1) is 14.4. The molecule has 0 saturated carbocycles. The molecule has 3 rings (SSSR count). The van der Waals surface area contributed by atoms with Crippen LogP contribution in [0.25, 0.3) is 10.8 Å². The van der Waals surface area contributed by atoms with Crippen molar-refractivity contribution in [3.05, 3.63) is 42.0 Å². The van der Waals surface area contributed by atoms with E-state index in [9.17, 15) is 5.11 Å². The molecular formula is C18H23NO2. The maximum atomic E-state index is 9.42.